The van der Waals surface area contributed by atoms with E-state index < -0.39 is 11.4 Å². The number of benzene rings is 2. The van der Waals surface area contributed by atoms with Gasteiger partial charge < -0.3 is 24.0 Å². The first-order valence-electron chi connectivity index (χ1n) is 22.0. The lowest BCUT2D eigenvalue weighted by Gasteiger charge is -2.60. The van der Waals surface area contributed by atoms with Crippen molar-refractivity contribution in [3.63, 3.8) is 0 Å². The molecule has 11 rings (SSSR count). The molecule has 13 heteroatoms. The molecule has 8 heterocycles. The molecule has 2 bridgehead atoms. The fraction of sp³-hybridized carbons (Fsp3) is 0.609. The molecule has 0 N–H and O–H groups in total. The van der Waals surface area contributed by atoms with Crippen molar-refractivity contribution in [2.24, 2.45) is 23.7 Å². The van der Waals surface area contributed by atoms with Gasteiger partial charge in [-0.1, -0.05) is 37.0 Å². The van der Waals surface area contributed by atoms with Crippen molar-refractivity contribution in [2.75, 3.05) is 81.9 Å². The molecule has 11 nitrogen and oxygen atoms in total. The normalized spacial score (nSPS) is 32.4. The summed E-state index contributed by atoms with van der Waals surface area (Å²) in [6.45, 7) is 20.1. The molecule has 1 spiro atoms. The van der Waals surface area contributed by atoms with Gasteiger partial charge in [0, 0.05) is 122 Å². The summed E-state index contributed by atoms with van der Waals surface area (Å²) in [6, 6.07) is 16.3. The highest BCUT2D eigenvalue weighted by Gasteiger charge is 2.69. The lowest BCUT2D eigenvalue weighted by molar-refractivity contribution is -0.577. The van der Waals surface area contributed by atoms with E-state index in [1.165, 1.54) is 35.0 Å². The average Bonchev–Trinajstić information content (AvgIpc) is 3.48. The number of rotatable bonds is 8. The highest BCUT2D eigenvalue weighted by atomic mass is 35.5. The van der Waals surface area contributed by atoms with Gasteiger partial charge in [-0.15, -0.1) is 0 Å². The first-order valence-corrected chi connectivity index (χ1v) is 22.7. The molecular formula is C46H60Cl2N6O5. The van der Waals surface area contributed by atoms with Crippen LogP contribution in [0.15, 0.2) is 60.9 Å². The van der Waals surface area contributed by atoms with Crippen molar-refractivity contribution in [2.45, 2.75) is 83.8 Å². The molecule has 0 amide bonds. The zero-order valence-corrected chi connectivity index (χ0v) is 36.5. The van der Waals surface area contributed by atoms with E-state index in [9.17, 15) is 0 Å². The lowest BCUT2D eigenvalue weighted by atomic mass is 9.58. The fourth-order valence-corrected chi connectivity index (χ4v) is 11.3. The van der Waals surface area contributed by atoms with Crippen LogP contribution in [0.2, 0.25) is 10.0 Å². The van der Waals surface area contributed by atoms with Crippen LogP contribution in [0.25, 0.3) is 21.8 Å². The number of hydrogen-bond acceptors (Lipinski definition) is 11. The van der Waals surface area contributed by atoms with Crippen molar-refractivity contribution < 1.29 is 24.0 Å². The van der Waals surface area contributed by atoms with E-state index in [0.29, 0.717) is 24.4 Å². The van der Waals surface area contributed by atoms with Gasteiger partial charge in [-0.25, -0.2) is 9.78 Å². The lowest BCUT2D eigenvalue weighted by Crippen LogP contribution is -2.70. The van der Waals surface area contributed by atoms with Gasteiger partial charge in [-0.05, 0) is 113 Å². The number of anilines is 2. The highest BCUT2D eigenvalue weighted by molar-refractivity contribution is 6.31. The summed E-state index contributed by atoms with van der Waals surface area (Å²) < 4.78 is 18.3. The van der Waals surface area contributed by atoms with Crippen LogP contribution in [0.4, 0.5) is 11.4 Å². The summed E-state index contributed by atoms with van der Waals surface area (Å²) in [5, 5.41) is 3.84. The maximum Gasteiger partial charge on any atom is 0.201 e. The number of halogens is 2. The molecule has 2 aromatic heterocycles. The molecular weight excluding hydrogens is 787 g/mol. The van der Waals surface area contributed by atoms with Crippen LogP contribution in [0.1, 0.15) is 59.8 Å². The van der Waals surface area contributed by atoms with Crippen molar-refractivity contribution in [3.8, 4) is 0 Å². The van der Waals surface area contributed by atoms with Gasteiger partial charge in [-0.2, -0.15) is 0 Å². The maximum atomic E-state index is 6.25. The second-order valence-electron chi connectivity index (χ2n) is 17.7. The monoisotopic (exact) mass is 846 g/mol. The molecule has 6 saturated heterocycles. The van der Waals surface area contributed by atoms with Crippen LogP contribution in [0.5, 0.6) is 0 Å². The third kappa shape index (κ3) is 8.29. The summed E-state index contributed by atoms with van der Waals surface area (Å²) in [4.78, 5) is 31.1. The highest BCUT2D eigenvalue weighted by Crippen LogP contribution is 2.60. The zero-order chi connectivity index (χ0) is 40.7. The Morgan fingerprint density at radius 3 is 1.86 bits per heavy atom. The Morgan fingerprint density at radius 1 is 0.729 bits per heavy atom. The van der Waals surface area contributed by atoms with Crippen LogP contribution in [-0.2, 0) is 24.0 Å². The van der Waals surface area contributed by atoms with E-state index >= 15 is 0 Å². The Labute approximate surface area is 359 Å². The Balaban J connectivity index is 0.000000173. The predicted molar refractivity (Wildman–Crippen MR) is 234 cm³/mol. The predicted octanol–water partition coefficient (Wildman–Crippen LogP) is 8.66. The number of aromatic nitrogens is 2. The Hall–Kier alpha value is -2.84. The summed E-state index contributed by atoms with van der Waals surface area (Å²) >= 11 is 12.3. The minimum absolute atomic E-state index is 0.216. The average molecular weight is 848 g/mol. The van der Waals surface area contributed by atoms with E-state index in [-0.39, 0.29) is 18.5 Å². The maximum absolute atomic E-state index is 6.25. The molecule has 59 heavy (non-hydrogen) atoms. The molecule has 7 aliphatic rings. The third-order valence-electron chi connectivity index (χ3n) is 14.2. The van der Waals surface area contributed by atoms with Crippen molar-refractivity contribution in [1.29, 1.82) is 0 Å². The standard InChI is InChI=1S/C29H32Cl2N6.C17H28O5/c30-22-2-4-24-26(20-22)32-8-6-28(24)36-16-12-34(13-17-36)10-1-11-35-14-18-37(19-15-35)29-7-9-33-27-21-23(31)3-5-25(27)29;1-5-18-14-11(3)13-7-6-10(2)12-8-9-16(4)20-15(19-14)17(12,13)22-21-16/h2-9,20-21H,1,10-19H2;10-15H,5-9H2,1-4H3/t;10-,11-,12+,13+,14+,15-,16+,17-/m.1/s1. The fourth-order valence-electron chi connectivity index (χ4n) is 10.9. The number of ether oxygens (including phenoxy) is 3. The molecule has 2 aromatic carbocycles. The second-order valence-corrected chi connectivity index (χ2v) is 18.6. The minimum atomic E-state index is -0.700. The third-order valence-corrected chi connectivity index (χ3v) is 14.6. The zero-order valence-electron chi connectivity index (χ0n) is 35.0. The summed E-state index contributed by atoms with van der Waals surface area (Å²) in [5.74, 6) is 0.957. The number of fused-ring (bicyclic) bond motifs is 4. The Bertz CT molecular complexity index is 1980. The molecule has 8 atom stereocenters. The van der Waals surface area contributed by atoms with Crippen LogP contribution in [-0.4, -0.2) is 116 Å². The van der Waals surface area contributed by atoms with E-state index in [1.807, 2.05) is 50.5 Å². The topological polar surface area (TPSA) is 84.9 Å². The molecule has 1 aliphatic carbocycles. The van der Waals surface area contributed by atoms with E-state index in [1.54, 1.807) is 0 Å². The molecule has 0 radical (unpaired) electrons. The quantitative estimate of drug-likeness (QED) is 0.160. The van der Waals surface area contributed by atoms with E-state index in [2.05, 4.69) is 67.7 Å². The molecule has 318 valence electrons. The van der Waals surface area contributed by atoms with Gasteiger partial charge in [0.1, 0.15) is 0 Å². The number of piperazine rings is 2. The Kier molecular flexibility index (Phi) is 12.3. The van der Waals surface area contributed by atoms with Gasteiger partial charge in [0.15, 0.2) is 18.2 Å². The van der Waals surface area contributed by atoms with Gasteiger partial charge in [0.2, 0.25) is 5.79 Å². The van der Waals surface area contributed by atoms with Crippen LogP contribution in [0.3, 0.4) is 0 Å². The molecule has 4 aromatic rings. The molecule has 0 unspecified atom stereocenters. The number of pyridine rings is 2. The van der Waals surface area contributed by atoms with E-state index in [0.717, 1.165) is 106 Å². The van der Waals surface area contributed by atoms with Gasteiger partial charge in [0.25, 0.3) is 0 Å². The second kappa shape index (κ2) is 17.5. The first kappa shape index (κ1) is 41.5. The van der Waals surface area contributed by atoms with Crippen LogP contribution in [0, 0.1) is 23.7 Å². The van der Waals surface area contributed by atoms with Crippen LogP contribution >= 0.6 is 23.2 Å². The summed E-state index contributed by atoms with van der Waals surface area (Å²) in [7, 11) is 0. The molecule has 1 saturated carbocycles. The smallest absolute Gasteiger partial charge is 0.201 e. The van der Waals surface area contributed by atoms with Crippen molar-refractivity contribution in [1.82, 2.24) is 19.8 Å². The van der Waals surface area contributed by atoms with Crippen molar-refractivity contribution >= 4 is 56.4 Å². The SMILES string of the molecule is CCO[C@H]1O[C@@H]2O[C@]3(C)CC[C@H]4[C@H](C)CC[C@@H]([C@H]1C)[C@@]24OO3.Clc1ccc2c(N3CCN(CCCN4CCN(c5ccnc6cc(Cl)ccc56)CC4)CC3)ccnc2c1. The van der Waals surface area contributed by atoms with Gasteiger partial charge in [0.05, 0.1) is 11.0 Å². The summed E-state index contributed by atoms with van der Waals surface area (Å²) in [5.41, 5.74) is 4.00. The first-order chi connectivity index (χ1) is 28.6. The largest absolute Gasteiger partial charge is 0.368 e. The van der Waals surface area contributed by atoms with Crippen LogP contribution < -0.4 is 9.80 Å². The molecule has 6 aliphatic heterocycles. The summed E-state index contributed by atoms with van der Waals surface area (Å²) in [6.07, 6.45) is 8.67. The Morgan fingerprint density at radius 2 is 1.31 bits per heavy atom. The minimum Gasteiger partial charge on any atom is -0.368 e. The molecule has 7 fully saturated rings. The van der Waals surface area contributed by atoms with Gasteiger partial charge >= 0.3 is 0 Å². The number of nitrogens with zero attached hydrogens (tertiary/aromatic N) is 6. The van der Waals surface area contributed by atoms with Gasteiger partial charge in [-0.3, -0.25) is 19.8 Å². The van der Waals surface area contributed by atoms with E-state index in [4.69, 9.17) is 47.2 Å². The number of hydrogen-bond donors (Lipinski definition) is 0. The van der Waals surface area contributed by atoms with Crippen molar-refractivity contribution in [3.05, 3.63) is 71.0 Å².